The van der Waals surface area contributed by atoms with Crippen molar-refractivity contribution in [2.45, 2.75) is 39.2 Å². The Kier molecular flexibility index (Phi) is 5.25. The van der Waals surface area contributed by atoms with E-state index in [1.165, 1.54) is 42.5 Å². The Morgan fingerprint density at radius 3 is 2.09 bits per heavy atom. The second-order valence-electron chi connectivity index (χ2n) is 5.93. The summed E-state index contributed by atoms with van der Waals surface area (Å²) in [6.07, 6.45) is 7.06. The molecule has 0 atom stereocenters. The predicted octanol–water partition coefficient (Wildman–Crippen LogP) is 5.80. The number of unbranched alkanes of at least 4 members (excludes halogenated alkanes) is 3. The number of rotatable bonds is 7. The summed E-state index contributed by atoms with van der Waals surface area (Å²) in [5.41, 5.74) is 4.72. The summed E-state index contributed by atoms with van der Waals surface area (Å²) in [6, 6.07) is 21.1. The third-order valence-corrected chi connectivity index (χ3v) is 4.18. The van der Waals surface area contributed by atoms with E-state index < -0.39 is 0 Å². The van der Waals surface area contributed by atoms with Gasteiger partial charge in [0.05, 0.1) is 17.7 Å². The van der Waals surface area contributed by atoms with E-state index in [0.29, 0.717) is 0 Å². The van der Waals surface area contributed by atoms with Crippen molar-refractivity contribution >= 4 is 0 Å². The van der Waals surface area contributed by atoms with Gasteiger partial charge in [-0.2, -0.15) is 0 Å². The van der Waals surface area contributed by atoms with Crippen molar-refractivity contribution in [3.05, 3.63) is 67.0 Å². The van der Waals surface area contributed by atoms with E-state index in [2.05, 4.69) is 66.1 Å². The molecule has 3 rings (SSSR count). The molecule has 3 aromatic rings. The highest BCUT2D eigenvalue weighted by atomic mass is 15.1. The quantitative estimate of drug-likeness (QED) is 0.505. The summed E-state index contributed by atoms with van der Waals surface area (Å²) in [5.74, 6) is 0. The summed E-state index contributed by atoms with van der Waals surface area (Å²) in [4.78, 5) is 4.72. The van der Waals surface area contributed by atoms with E-state index in [9.17, 15) is 0 Å². The van der Waals surface area contributed by atoms with Crippen LogP contribution in [0.3, 0.4) is 0 Å². The van der Waals surface area contributed by atoms with Gasteiger partial charge in [-0.25, -0.2) is 4.98 Å². The fourth-order valence-corrected chi connectivity index (χ4v) is 2.97. The maximum Gasteiger partial charge on any atom is 0.0963 e. The molecule has 23 heavy (non-hydrogen) atoms. The van der Waals surface area contributed by atoms with Crippen molar-refractivity contribution in [3.8, 4) is 22.5 Å². The molecule has 0 fully saturated rings. The van der Waals surface area contributed by atoms with Gasteiger partial charge in [0, 0.05) is 17.7 Å². The van der Waals surface area contributed by atoms with Gasteiger partial charge < -0.3 is 4.57 Å². The molecule has 0 spiro atoms. The van der Waals surface area contributed by atoms with Gasteiger partial charge in [-0.15, -0.1) is 0 Å². The highest BCUT2D eigenvalue weighted by Gasteiger charge is 2.14. The Balaban J connectivity index is 1.96. The Morgan fingerprint density at radius 2 is 1.43 bits per heavy atom. The van der Waals surface area contributed by atoms with E-state index >= 15 is 0 Å². The number of benzene rings is 2. The third-order valence-electron chi connectivity index (χ3n) is 4.18. The first-order valence-corrected chi connectivity index (χ1v) is 8.56. The molecule has 0 N–H and O–H groups in total. The fourth-order valence-electron chi connectivity index (χ4n) is 2.97. The fraction of sp³-hybridized carbons (Fsp3) is 0.286. The molecular weight excluding hydrogens is 280 g/mol. The van der Waals surface area contributed by atoms with Gasteiger partial charge in [0.25, 0.3) is 0 Å². The van der Waals surface area contributed by atoms with Crippen LogP contribution in [-0.2, 0) is 6.54 Å². The molecular formula is C21H24N2. The van der Waals surface area contributed by atoms with Crippen molar-refractivity contribution in [3.63, 3.8) is 0 Å². The predicted molar refractivity (Wildman–Crippen MR) is 97.2 cm³/mol. The molecule has 0 amide bonds. The van der Waals surface area contributed by atoms with Gasteiger partial charge in [-0.3, -0.25) is 0 Å². The van der Waals surface area contributed by atoms with Crippen LogP contribution in [0.2, 0.25) is 0 Å². The maximum absolute atomic E-state index is 4.72. The highest BCUT2D eigenvalue weighted by Crippen LogP contribution is 2.31. The summed E-state index contributed by atoms with van der Waals surface area (Å²) in [7, 11) is 0. The molecule has 2 aromatic carbocycles. The van der Waals surface area contributed by atoms with Gasteiger partial charge >= 0.3 is 0 Å². The SMILES string of the molecule is CCCCCCn1cnc(-c2ccccc2)c1-c1ccccc1. The van der Waals surface area contributed by atoms with Gasteiger partial charge in [-0.1, -0.05) is 86.8 Å². The van der Waals surface area contributed by atoms with Crippen LogP contribution in [0.4, 0.5) is 0 Å². The van der Waals surface area contributed by atoms with Gasteiger partial charge in [-0.05, 0) is 6.42 Å². The average molecular weight is 304 g/mol. The van der Waals surface area contributed by atoms with E-state index in [0.717, 1.165) is 12.2 Å². The largest absolute Gasteiger partial charge is 0.330 e. The normalized spacial score (nSPS) is 10.8. The molecule has 0 aliphatic rings. The molecule has 118 valence electrons. The molecule has 1 aromatic heterocycles. The minimum absolute atomic E-state index is 1.03. The minimum atomic E-state index is 1.03. The Hall–Kier alpha value is -2.35. The Labute approximate surface area is 138 Å². The second kappa shape index (κ2) is 7.77. The molecule has 0 bridgehead atoms. The number of aromatic nitrogens is 2. The van der Waals surface area contributed by atoms with Crippen LogP contribution in [0.15, 0.2) is 67.0 Å². The zero-order valence-electron chi connectivity index (χ0n) is 13.8. The Bertz CT molecular complexity index is 714. The molecule has 0 aliphatic carbocycles. The van der Waals surface area contributed by atoms with Crippen molar-refractivity contribution in [2.75, 3.05) is 0 Å². The van der Waals surface area contributed by atoms with Gasteiger partial charge in [0.1, 0.15) is 0 Å². The summed E-state index contributed by atoms with van der Waals surface area (Å²) in [5, 5.41) is 0. The highest BCUT2D eigenvalue weighted by molar-refractivity contribution is 5.78. The number of imidazole rings is 1. The first kappa shape index (κ1) is 15.5. The van der Waals surface area contributed by atoms with Crippen molar-refractivity contribution in [2.24, 2.45) is 0 Å². The molecule has 0 saturated carbocycles. The van der Waals surface area contributed by atoms with Crippen LogP contribution in [0.1, 0.15) is 32.6 Å². The Morgan fingerprint density at radius 1 is 0.783 bits per heavy atom. The summed E-state index contributed by atoms with van der Waals surface area (Å²) < 4.78 is 2.31. The average Bonchev–Trinajstić information content (AvgIpc) is 3.04. The van der Waals surface area contributed by atoms with Crippen molar-refractivity contribution < 1.29 is 0 Å². The number of nitrogens with zero attached hydrogens (tertiary/aromatic N) is 2. The lowest BCUT2D eigenvalue weighted by Gasteiger charge is -2.10. The van der Waals surface area contributed by atoms with Crippen LogP contribution >= 0.6 is 0 Å². The molecule has 0 unspecified atom stereocenters. The first-order chi connectivity index (χ1) is 11.4. The van der Waals surface area contributed by atoms with Crippen molar-refractivity contribution in [1.29, 1.82) is 0 Å². The lowest BCUT2D eigenvalue weighted by Crippen LogP contribution is -1.99. The minimum Gasteiger partial charge on any atom is -0.330 e. The number of hydrogen-bond acceptors (Lipinski definition) is 1. The van der Waals surface area contributed by atoms with Crippen LogP contribution in [0.25, 0.3) is 22.5 Å². The zero-order chi connectivity index (χ0) is 15.9. The maximum atomic E-state index is 4.72. The zero-order valence-corrected chi connectivity index (χ0v) is 13.8. The standard InChI is InChI=1S/C21H24N2/c1-2-3-4-11-16-23-17-22-20(18-12-7-5-8-13-18)21(23)19-14-9-6-10-15-19/h5-10,12-15,17H,2-4,11,16H2,1H3. The lowest BCUT2D eigenvalue weighted by molar-refractivity contribution is 0.585. The molecule has 1 heterocycles. The van der Waals surface area contributed by atoms with E-state index in [-0.39, 0.29) is 0 Å². The molecule has 0 radical (unpaired) electrons. The van der Waals surface area contributed by atoms with Crippen molar-refractivity contribution in [1.82, 2.24) is 9.55 Å². The smallest absolute Gasteiger partial charge is 0.0963 e. The molecule has 0 aliphatic heterocycles. The summed E-state index contributed by atoms with van der Waals surface area (Å²) >= 11 is 0. The van der Waals surface area contributed by atoms with Crippen LogP contribution in [0.5, 0.6) is 0 Å². The van der Waals surface area contributed by atoms with Gasteiger partial charge in [0.15, 0.2) is 0 Å². The van der Waals surface area contributed by atoms with Crippen LogP contribution in [-0.4, -0.2) is 9.55 Å². The third kappa shape index (κ3) is 3.70. The number of aryl methyl sites for hydroxylation is 1. The van der Waals surface area contributed by atoms with E-state index in [1.54, 1.807) is 0 Å². The monoisotopic (exact) mass is 304 g/mol. The molecule has 2 heteroatoms. The molecule has 0 saturated heterocycles. The van der Waals surface area contributed by atoms with E-state index in [1.807, 2.05) is 12.4 Å². The van der Waals surface area contributed by atoms with Crippen LogP contribution < -0.4 is 0 Å². The van der Waals surface area contributed by atoms with Gasteiger partial charge in [0.2, 0.25) is 0 Å². The second-order valence-corrected chi connectivity index (χ2v) is 5.93. The number of hydrogen-bond donors (Lipinski definition) is 0. The first-order valence-electron chi connectivity index (χ1n) is 8.56. The molecule has 2 nitrogen and oxygen atoms in total. The topological polar surface area (TPSA) is 17.8 Å². The summed E-state index contributed by atoms with van der Waals surface area (Å²) in [6.45, 7) is 3.28. The van der Waals surface area contributed by atoms with Crippen LogP contribution in [0, 0.1) is 0 Å². The van der Waals surface area contributed by atoms with E-state index in [4.69, 9.17) is 4.98 Å². The lowest BCUT2D eigenvalue weighted by atomic mass is 10.0.